The monoisotopic (exact) mass is 772 g/mol. The van der Waals surface area contributed by atoms with Crippen molar-refractivity contribution in [1.29, 1.82) is 0 Å². The summed E-state index contributed by atoms with van der Waals surface area (Å²) < 4.78 is 17.6. The molecule has 0 fully saturated rings. The molecule has 240 valence electrons. The number of halogens is 6. The van der Waals surface area contributed by atoms with E-state index in [-0.39, 0.29) is 12.2 Å². The minimum atomic E-state index is -0.232. The third-order valence-corrected chi connectivity index (χ3v) is 10.4. The molecule has 14 heteroatoms. The molecule has 0 aliphatic rings. The smallest absolute Gasteiger partial charge is 0.102 e. The van der Waals surface area contributed by atoms with E-state index < -0.39 is 0 Å². The Balaban J connectivity index is 0.000000181. The molecule has 6 aromatic rings. The van der Waals surface area contributed by atoms with Crippen molar-refractivity contribution in [2.24, 2.45) is 0 Å². The van der Waals surface area contributed by atoms with Gasteiger partial charge >= 0.3 is 0 Å². The summed E-state index contributed by atoms with van der Waals surface area (Å²) in [5.41, 5.74) is 3.71. The van der Waals surface area contributed by atoms with Crippen LogP contribution in [-0.4, -0.2) is 19.1 Å². The number of imidazole rings is 2. The van der Waals surface area contributed by atoms with Crippen molar-refractivity contribution in [3.05, 3.63) is 148 Å². The van der Waals surface area contributed by atoms with Crippen molar-refractivity contribution in [3.8, 4) is 0 Å². The summed E-state index contributed by atoms with van der Waals surface area (Å²) >= 11 is 39.9. The number of nitrogens with zero attached hydrogens (tertiary/aromatic N) is 4. The first kappa shape index (κ1) is 35.2. The number of benzene rings is 2. The van der Waals surface area contributed by atoms with Crippen LogP contribution >= 0.6 is 92.3 Å². The lowest BCUT2D eigenvalue weighted by molar-refractivity contribution is 0.0282. The van der Waals surface area contributed by atoms with Crippen LogP contribution in [0.3, 0.4) is 0 Å². The Morgan fingerprint density at radius 2 is 1.04 bits per heavy atom. The number of ether oxygens (including phenoxy) is 2. The molecule has 0 N–H and O–H groups in total. The van der Waals surface area contributed by atoms with Crippen molar-refractivity contribution in [1.82, 2.24) is 19.1 Å². The normalized spacial score (nSPS) is 12.5. The lowest BCUT2D eigenvalue weighted by Crippen LogP contribution is -2.12. The van der Waals surface area contributed by atoms with Crippen LogP contribution in [0.25, 0.3) is 0 Å². The summed E-state index contributed by atoms with van der Waals surface area (Å²) in [6, 6.07) is 14.8. The molecule has 0 bridgehead atoms. The Morgan fingerprint density at radius 3 is 1.37 bits per heavy atom. The molecule has 1 unspecified atom stereocenters. The number of rotatable bonds is 12. The van der Waals surface area contributed by atoms with Gasteiger partial charge in [-0.15, -0.1) is 22.7 Å². The van der Waals surface area contributed by atoms with Crippen LogP contribution in [0, 0.1) is 0 Å². The van der Waals surface area contributed by atoms with Gasteiger partial charge in [-0.2, -0.15) is 0 Å². The third kappa shape index (κ3) is 9.97. The zero-order chi connectivity index (χ0) is 32.5. The minimum Gasteiger partial charge on any atom is -0.367 e. The van der Waals surface area contributed by atoms with Crippen LogP contribution in [0.4, 0.5) is 0 Å². The Labute approximate surface area is 305 Å². The maximum absolute atomic E-state index is 6.34. The van der Waals surface area contributed by atoms with Crippen LogP contribution in [-0.2, 0) is 35.8 Å². The predicted octanol–water partition coefficient (Wildman–Crippen LogP) is 11.7. The van der Waals surface area contributed by atoms with E-state index >= 15 is 0 Å². The topological polar surface area (TPSA) is 54.1 Å². The molecule has 4 heterocycles. The quantitative estimate of drug-likeness (QED) is 0.124. The molecular weight excluding hydrogens is 749 g/mol. The number of hydrogen-bond acceptors (Lipinski definition) is 6. The molecule has 6 rings (SSSR count). The fourth-order valence-electron chi connectivity index (χ4n) is 4.40. The van der Waals surface area contributed by atoms with Crippen molar-refractivity contribution < 1.29 is 9.47 Å². The summed E-state index contributed by atoms with van der Waals surface area (Å²) in [6.45, 7) is 2.04. The van der Waals surface area contributed by atoms with E-state index in [9.17, 15) is 0 Å². The van der Waals surface area contributed by atoms with E-state index in [0.29, 0.717) is 46.4 Å². The molecule has 46 heavy (non-hydrogen) atoms. The van der Waals surface area contributed by atoms with Crippen molar-refractivity contribution >= 4 is 92.3 Å². The highest BCUT2D eigenvalue weighted by Gasteiger charge is 2.19. The SMILES string of the molecule is Clc1ccc(C(Cn2ccnc2)OCc2ccsc2Cl)c(Cl)c1.Clc1ccc([C@@H](Cn2ccnc2)OCc2ccsc2Cl)c(Cl)c1. The second kappa shape index (κ2) is 17.4. The summed E-state index contributed by atoms with van der Waals surface area (Å²) in [7, 11) is 0. The van der Waals surface area contributed by atoms with Gasteiger partial charge in [0.1, 0.15) is 12.2 Å². The summed E-state index contributed by atoms with van der Waals surface area (Å²) in [4.78, 5) is 8.13. The zero-order valence-corrected chi connectivity index (χ0v) is 30.1. The molecule has 0 saturated heterocycles. The molecule has 4 aromatic heterocycles. The van der Waals surface area contributed by atoms with Crippen LogP contribution in [0.5, 0.6) is 0 Å². The first-order valence-corrected chi connectivity index (χ1v) is 17.8. The molecule has 6 nitrogen and oxygen atoms in total. The van der Waals surface area contributed by atoms with Gasteiger partial charge in [-0.25, -0.2) is 9.97 Å². The van der Waals surface area contributed by atoms with Gasteiger partial charge in [0.05, 0.1) is 47.6 Å². The first-order chi connectivity index (χ1) is 22.3. The second-order valence-electron chi connectivity index (χ2n) is 9.89. The third-order valence-electron chi connectivity index (χ3n) is 6.76. The Bertz CT molecular complexity index is 1680. The summed E-state index contributed by atoms with van der Waals surface area (Å²) in [5, 5.41) is 6.25. The van der Waals surface area contributed by atoms with Gasteiger partial charge in [0.2, 0.25) is 0 Å². The molecule has 0 spiro atoms. The van der Waals surface area contributed by atoms with E-state index in [2.05, 4.69) is 9.97 Å². The maximum Gasteiger partial charge on any atom is 0.102 e. The standard InChI is InChI=1S/2C16H13Cl3N2OS/c2*17-12-1-2-13(14(18)7-12)15(8-21-5-4-20-10-21)22-9-11-3-6-23-16(11)19/h2*1-7,10,15H,8-9H2/t15-;/m1./s1. The van der Waals surface area contributed by atoms with Gasteiger partial charge in [0, 0.05) is 67.1 Å². The van der Waals surface area contributed by atoms with E-state index in [1.807, 2.05) is 68.7 Å². The maximum atomic E-state index is 6.34. The van der Waals surface area contributed by atoms with Crippen molar-refractivity contribution in [3.63, 3.8) is 0 Å². The van der Waals surface area contributed by atoms with Gasteiger partial charge < -0.3 is 18.6 Å². The van der Waals surface area contributed by atoms with Crippen LogP contribution < -0.4 is 0 Å². The lowest BCUT2D eigenvalue weighted by atomic mass is 10.1. The molecule has 0 aliphatic carbocycles. The van der Waals surface area contributed by atoms with Crippen LogP contribution in [0.1, 0.15) is 34.5 Å². The molecule has 0 aliphatic heterocycles. The van der Waals surface area contributed by atoms with Gasteiger partial charge in [0.25, 0.3) is 0 Å². The lowest BCUT2D eigenvalue weighted by Gasteiger charge is -2.20. The Hall–Kier alpha value is -2.08. The highest BCUT2D eigenvalue weighted by molar-refractivity contribution is 7.14. The number of aromatic nitrogens is 4. The predicted molar refractivity (Wildman–Crippen MR) is 191 cm³/mol. The number of thiophene rings is 2. The molecular formula is C32H26Cl6N4O2S2. The van der Waals surface area contributed by atoms with Gasteiger partial charge in [-0.3, -0.25) is 0 Å². The molecule has 0 saturated carbocycles. The van der Waals surface area contributed by atoms with Gasteiger partial charge in [-0.1, -0.05) is 81.7 Å². The van der Waals surface area contributed by atoms with Crippen molar-refractivity contribution in [2.75, 3.05) is 0 Å². The van der Waals surface area contributed by atoms with E-state index in [4.69, 9.17) is 79.1 Å². The average molecular weight is 775 g/mol. The van der Waals surface area contributed by atoms with Crippen LogP contribution in [0.2, 0.25) is 28.8 Å². The summed E-state index contributed by atoms with van der Waals surface area (Å²) in [5.74, 6) is 0. The minimum absolute atomic E-state index is 0.232. The fraction of sp³-hybridized carbons (Fsp3) is 0.188. The van der Waals surface area contributed by atoms with Crippen molar-refractivity contribution in [2.45, 2.75) is 38.5 Å². The van der Waals surface area contributed by atoms with E-state index in [1.54, 1.807) is 37.2 Å². The largest absolute Gasteiger partial charge is 0.367 e. The Morgan fingerprint density at radius 1 is 0.609 bits per heavy atom. The molecule has 2 aromatic carbocycles. The molecule has 0 amide bonds. The fourth-order valence-corrected chi connectivity index (χ4v) is 7.27. The van der Waals surface area contributed by atoms with Crippen LogP contribution in [0.15, 0.2) is 96.7 Å². The van der Waals surface area contributed by atoms with E-state index in [1.165, 1.54) is 22.7 Å². The van der Waals surface area contributed by atoms with Gasteiger partial charge in [0.15, 0.2) is 0 Å². The highest BCUT2D eigenvalue weighted by atomic mass is 35.5. The molecule has 0 radical (unpaired) electrons. The average Bonchev–Trinajstić information content (AvgIpc) is 3.85. The first-order valence-electron chi connectivity index (χ1n) is 13.7. The summed E-state index contributed by atoms with van der Waals surface area (Å²) in [6.07, 6.45) is 10.3. The zero-order valence-electron chi connectivity index (χ0n) is 23.9. The van der Waals surface area contributed by atoms with Gasteiger partial charge in [-0.05, 0) is 47.2 Å². The highest BCUT2D eigenvalue weighted by Crippen LogP contribution is 2.33. The Kier molecular flexibility index (Phi) is 13.3. The van der Waals surface area contributed by atoms with E-state index in [0.717, 1.165) is 30.9 Å². The molecule has 2 atom stereocenters. The number of hydrogen-bond donors (Lipinski definition) is 0. The second-order valence-corrected chi connectivity index (χ2v) is 14.6.